The molecule has 0 bridgehead atoms. The second-order valence-electron chi connectivity index (χ2n) is 36.0. The standard InChI is InChI=1S/C36H49N5O4S.C30H37FN4O3S.C28H35N5O3S.3H2/c1-36(2,3)17-23-41-33(44)31(46-34(41)28-9-5-7-11-30(28)38-20-15-27(42)16-21-38)24-32(43)39-18-13-26(14-19-39)40-22-12-25-8-4-6-10-29(25)37-35(40)45;1-20(2)11-17-35-28(37)26(39-29(35)23-8-4-5-9-24(23)31)19-27(36)33-15-13-22(14-16-33)34-18-12-21-7-3-6-10-25(21)32-30(34)38;1-19(2)10-16-32-26(35)24(37-27(32)23-9-5-6-13-29-23)17-25(34)31-14-11-21(12-15-31)33-18-20-7-3-4-8-22(20)30-28(33)36;;;/h4-11,26-27,31,34,42H,12-24H2,1-3H3,(H,37,45);3-10,20,22,26,29H,11-19H2,1-2H3,(H,32,38);3-9,13,19,21,24,27H,10-12,14-18H2,1-2H3,(H,30,36);3*1H/t;;24-,27-;;;/m..0.../s1. The van der Waals surface area contributed by atoms with Crippen LogP contribution in [0, 0.1) is 23.1 Å². The molecule has 0 radical (unpaired) electrons. The molecule has 10 aliphatic heterocycles. The van der Waals surface area contributed by atoms with E-state index in [-0.39, 0.29) is 123 Å². The summed E-state index contributed by atoms with van der Waals surface area (Å²) in [6.45, 7) is 23.9. The lowest BCUT2D eigenvalue weighted by atomic mass is 9.92. The summed E-state index contributed by atoms with van der Waals surface area (Å²) in [6, 6.07) is 44.5. The number of aliphatic hydroxyl groups excluding tert-OH is 1. The van der Waals surface area contributed by atoms with Crippen molar-refractivity contribution in [3.8, 4) is 0 Å². The zero-order valence-electron chi connectivity index (χ0n) is 71.6. The molecule has 12 amide bonds. The summed E-state index contributed by atoms with van der Waals surface area (Å²) in [7, 11) is 0. The Morgan fingerprint density at radius 2 is 0.844 bits per heavy atom. The van der Waals surface area contributed by atoms with Gasteiger partial charge in [-0.2, -0.15) is 0 Å². The molecule has 6 atom stereocenters. The van der Waals surface area contributed by atoms with Crippen molar-refractivity contribution < 1.29 is 56.9 Å². The van der Waals surface area contributed by atoms with Gasteiger partial charge in [-0.15, -0.1) is 35.3 Å². The second-order valence-corrected chi connectivity index (χ2v) is 39.8. The van der Waals surface area contributed by atoms with Gasteiger partial charge < -0.3 is 70.1 Å². The first-order valence-electron chi connectivity index (χ1n) is 44.1. The van der Waals surface area contributed by atoms with Crippen molar-refractivity contribution in [2.45, 2.75) is 214 Å². The summed E-state index contributed by atoms with van der Waals surface area (Å²) < 4.78 is 14.7. The Bertz CT molecular complexity index is 4700. The molecule has 0 saturated carbocycles. The van der Waals surface area contributed by atoms with Crippen molar-refractivity contribution in [2.24, 2.45) is 17.3 Å². The third-order valence-corrected chi connectivity index (χ3v) is 29.9. The molecule has 0 aliphatic carbocycles. The molecule has 122 heavy (non-hydrogen) atoms. The number of amides is 12. The van der Waals surface area contributed by atoms with Gasteiger partial charge in [-0.05, 0) is 160 Å². The van der Waals surface area contributed by atoms with Crippen LogP contribution in [0.4, 0.5) is 41.5 Å². The number of aromatic nitrogens is 1. The minimum absolute atomic E-state index is 0. The predicted octanol–water partition coefficient (Wildman–Crippen LogP) is 16.0. The number of halogens is 1. The number of nitrogens with one attached hydrogen (secondary N) is 3. The highest BCUT2D eigenvalue weighted by molar-refractivity contribution is 8.01. The Kier molecular flexibility index (Phi) is 29.5. The molecule has 7 saturated heterocycles. The number of nitrogens with zero attached hydrogens (tertiary/aromatic N) is 11. The highest BCUT2D eigenvalue weighted by Gasteiger charge is 2.48. The molecule has 4 N–H and O–H groups in total. The van der Waals surface area contributed by atoms with Crippen LogP contribution in [0.5, 0.6) is 0 Å². The van der Waals surface area contributed by atoms with E-state index in [1.54, 1.807) is 52.8 Å². The number of fused-ring (bicyclic) bond motifs is 3. The Morgan fingerprint density at radius 3 is 1.30 bits per heavy atom. The average Bonchev–Trinajstić information content (AvgIpc) is 1.66. The molecule has 6 aromatic rings. The molecule has 5 aromatic carbocycles. The van der Waals surface area contributed by atoms with Crippen LogP contribution in [0.3, 0.4) is 0 Å². The number of hydrogen-bond acceptors (Lipinski definition) is 15. The number of pyridine rings is 1. The number of thioether (sulfide) groups is 3. The van der Waals surface area contributed by atoms with E-state index in [1.165, 1.54) is 17.8 Å². The van der Waals surface area contributed by atoms with E-state index >= 15 is 0 Å². The zero-order chi connectivity index (χ0) is 85.9. The van der Waals surface area contributed by atoms with Gasteiger partial charge in [0.05, 0.1) is 27.5 Å². The predicted molar refractivity (Wildman–Crippen MR) is 487 cm³/mol. The van der Waals surface area contributed by atoms with Crippen LogP contribution < -0.4 is 20.9 Å². The molecule has 11 heterocycles. The van der Waals surface area contributed by atoms with Crippen LogP contribution in [0.25, 0.3) is 0 Å². The van der Waals surface area contributed by atoms with Crippen molar-refractivity contribution >= 4 is 112 Å². The number of piperidine rings is 4. The topological polar surface area (TPSA) is 255 Å². The number of rotatable bonds is 21. The Hall–Kier alpha value is -9.38. The first-order chi connectivity index (χ1) is 58.8. The van der Waals surface area contributed by atoms with Gasteiger partial charge in [-0.3, -0.25) is 33.8 Å². The molecule has 7 fully saturated rings. The van der Waals surface area contributed by atoms with Crippen LogP contribution in [-0.4, -0.2) is 233 Å². The van der Waals surface area contributed by atoms with Crippen molar-refractivity contribution in [1.29, 1.82) is 0 Å². The molecule has 658 valence electrons. The maximum Gasteiger partial charge on any atom is 0.322 e. The molecular weight excluding hydrogens is 1600 g/mol. The van der Waals surface area contributed by atoms with E-state index in [0.29, 0.717) is 109 Å². The van der Waals surface area contributed by atoms with E-state index in [4.69, 9.17) is 0 Å². The molecule has 16 rings (SSSR count). The summed E-state index contributed by atoms with van der Waals surface area (Å²) in [4.78, 5) is 144. The number of hydrogen-bond donors (Lipinski definition) is 4. The van der Waals surface area contributed by atoms with Crippen molar-refractivity contribution in [3.63, 3.8) is 0 Å². The maximum absolute atomic E-state index is 14.7. The van der Waals surface area contributed by atoms with Gasteiger partial charge in [0.1, 0.15) is 21.9 Å². The van der Waals surface area contributed by atoms with Gasteiger partial charge in [-0.1, -0.05) is 146 Å². The molecule has 24 nitrogen and oxygen atoms in total. The maximum atomic E-state index is 14.7. The van der Waals surface area contributed by atoms with Crippen LogP contribution in [-0.2, 0) is 48.2 Å². The fraction of sp³-hybridized carbons (Fsp3) is 0.532. The monoisotopic (exact) mass is 1730 g/mol. The summed E-state index contributed by atoms with van der Waals surface area (Å²) in [6.07, 6.45) is 12.1. The number of likely N-dealkylation sites (tertiary alicyclic amines) is 3. The van der Waals surface area contributed by atoms with Crippen molar-refractivity contribution in [1.82, 2.24) is 49.1 Å². The normalized spacial score (nSPS) is 22.7. The van der Waals surface area contributed by atoms with E-state index in [1.807, 2.05) is 136 Å². The molecule has 4 unspecified atom stereocenters. The van der Waals surface area contributed by atoms with Crippen molar-refractivity contribution in [2.75, 3.05) is 106 Å². The Balaban J connectivity index is 0.000000181. The lowest BCUT2D eigenvalue weighted by Gasteiger charge is -2.40. The van der Waals surface area contributed by atoms with Gasteiger partial charge in [0.2, 0.25) is 35.4 Å². The second kappa shape index (κ2) is 40.5. The number of para-hydroxylation sites is 4. The highest BCUT2D eigenvalue weighted by atomic mass is 32.2. The summed E-state index contributed by atoms with van der Waals surface area (Å²) in [5.41, 5.74) is 9.69. The fourth-order valence-corrected chi connectivity index (χ4v) is 22.7. The third kappa shape index (κ3) is 21.7. The van der Waals surface area contributed by atoms with E-state index < -0.39 is 21.1 Å². The van der Waals surface area contributed by atoms with Crippen LogP contribution in [0.1, 0.15) is 192 Å². The molecule has 28 heteroatoms. The van der Waals surface area contributed by atoms with Crippen LogP contribution in [0.2, 0.25) is 0 Å². The number of benzene rings is 5. The number of anilines is 4. The van der Waals surface area contributed by atoms with Crippen molar-refractivity contribution in [3.05, 3.63) is 185 Å². The van der Waals surface area contributed by atoms with Crippen LogP contribution >= 0.6 is 35.3 Å². The lowest BCUT2D eigenvalue weighted by Crippen LogP contribution is -2.51. The molecular formula is C94H127FN14O10S3. The van der Waals surface area contributed by atoms with E-state index in [9.17, 15) is 52.6 Å². The minimum atomic E-state index is -0.526. The van der Waals surface area contributed by atoms with Gasteiger partial charge in [0.15, 0.2) is 0 Å². The third-order valence-electron chi connectivity index (χ3n) is 25.5. The lowest BCUT2D eigenvalue weighted by molar-refractivity contribution is -0.137. The molecule has 0 spiro atoms. The number of carbonyl (C=O) groups is 9. The summed E-state index contributed by atoms with van der Waals surface area (Å²) in [5, 5.41) is 17.1. The first kappa shape index (κ1) is 88.9. The SMILES string of the molecule is CC(C)(C)CCN1C(=O)C(CC(=O)N2CCC(N3CCc4ccccc4NC3=O)CC2)SC1c1ccccc1N1CCC(O)CC1.CC(C)CCN1C(=O)C(CC(=O)N2CCC(N3CCc4ccccc4NC3=O)CC2)SC1c1ccccc1F.CC(C)CCN1C(=O)[C@H](CC(=O)N2CCC(N3Cc4ccccc4NC3=O)CC2)S[C@H]1c1ccccn1.[HH].[HH].[HH]. The fourth-order valence-electron chi connectivity index (χ4n) is 18.2. The minimum Gasteiger partial charge on any atom is -0.393 e. The zero-order valence-corrected chi connectivity index (χ0v) is 74.1. The smallest absolute Gasteiger partial charge is 0.322 e. The number of aliphatic hydroxyl groups is 1. The van der Waals surface area contributed by atoms with Gasteiger partial charge in [0, 0.05) is 173 Å². The van der Waals surface area contributed by atoms with E-state index in [2.05, 4.69) is 92.5 Å². The molecule has 1 aromatic heterocycles. The highest BCUT2D eigenvalue weighted by Crippen LogP contribution is 2.50. The summed E-state index contributed by atoms with van der Waals surface area (Å²) in [5.74, 6) is 0.552. The Morgan fingerprint density at radius 1 is 0.459 bits per heavy atom. The van der Waals surface area contributed by atoms with E-state index in [0.717, 1.165) is 134 Å². The number of urea groups is 3. The number of carbonyl (C=O) groups excluding carboxylic acids is 9. The van der Waals surface area contributed by atoms with Crippen LogP contribution in [0.15, 0.2) is 146 Å². The molecule has 10 aliphatic rings. The van der Waals surface area contributed by atoms with Gasteiger partial charge in [0.25, 0.3) is 0 Å². The van der Waals surface area contributed by atoms with Gasteiger partial charge >= 0.3 is 18.1 Å². The average molecular weight is 1730 g/mol. The quantitative estimate of drug-likeness (QED) is 0.0523. The van der Waals surface area contributed by atoms with Gasteiger partial charge in [-0.25, -0.2) is 18.8 Å². The largest absolute Gasteiger partial charge is 0.393 e. The first-order valence-corrected chi connectivity index (χ1v) is 47.0. The summed E-state index contributed by atoms with van der Waals surface area (Å²) >= 11 is 4.55. The Labute approximate surface area is 735 Å².